The van der Waals surface area contributed by atoms with Crippen LogP contribution in [0.25, 0.3) is 5.70 Å². The van der Waals surface area contributed by atoms with E-state index in [1.165, 1.54) is 17.6 Å². The second-order valence-corrected chi connectivity index (χ2v) is 7.50. The minimum Gasteiger partial charge on any atom is -0.368 e. The summed E-state index contributed by atoms with van der Waals surface area (Å²) in [4.78, 5) is 20.3. The Morgan fingerprint density at radius 1 is 1.43 bits per heavy atom. The highest BCUT2D eigenvalue weighted by Crippen LogP contribution is 2.31. The van der Waals surface area contributed by atoms with Crippen molar-refractivity contribution in [2.24, 2.45) is 9.98 Å². The van der Waals surface area contributed by atoms with Gasteiger partial charge in [0, 0.05) is 39.4 Å². The van der Waals surface area contributed by atoms with E-state index in [-0.39, 0.29) is 0 Å². The zero-order valence-electron chi connectivity index (χ0n) is 17.1. The van der Waals surface area contributed by atoms with Crippen LogP contribution in [0.1, 0.15) is 10.6 Å². The molecule has 0 amide bonds. The molecule has 3 rings (SSSR count). The lowest BCUT2D eigenvalue weighted by Crippen LogP contribution is -2.43. The van der Waals surface area contributed by atoms with Crippen molar-refractivity contribution in [1.29, 1.82) is 5.26 Å². The molecular weight excluding hydrogens is 398 g/mol. The number of aryl methyl sites for hydroxylation is 1. The predicted octanol–water partition coefficient (Wildman–Crippen LogP) is 2.37. The summed E-state index contributed by atoms with van der Waals surface area (Å²) in [6.45, 7) is 9.72. The normalized spacial score (nSPS) is 14.9. The standard InChI is InChI=1S/C20H25N9S/c1-14-19(30-20(23-3)28-14)18(22-2)15(10-21)11-25-13-27-17-5-4-16(12-26-17)29-8-6-24-7-9-29/h4-5,11-12,24H,2,6-9,13H2,1,3H3,(H,23,28)(H,26,27)/b18-15-,25-11-. The van der Waals surface area contributed by atoms with E-state index in [2.05, 4.69) is 59.7 Å². The monoisotopic (exact) mass is 423 g/mol. The molecule has 10 heteroatoms. The number of aromatic nitrogens is 2. The molecular formula is C20H25N9S. The lowest BCUT2D eigenvalue weighted by molar-refractivity contribution is 0.589. The fraction of sp³-hybridized carbons (Fsp3) is 0.350. The molecule has 2 aromatic heterocycles. The lowest BCUT2D eigenvalue weighted by Gasteiger charge is -2.29. The maximum atomic E-state index is 9.55. The number of nitrogens with one attached hydrogen (secondary N) is 3. The van der Waals surface area contributed by atoms with Gasteiger partial charge in [0.1, 0.15) is 24.3 Å². The Morgan fingerprint density at radius 2 is 2.23 bits per heavy atom. The molecule has 1 saturated heterocycles. The van der Waals surface area contributed by atoms with Gasteiger partial charge in [0.15, 0.2) is 5.13 Å². The highest BCUT2D eigenvalue weighted by Gasteiger charge is 2.14. The first-order chi connectivity index (χ1) is 14.7. The van der Waals surface area contributed by atoms with Crippen LogP contribution in [0, 0.1) is 18.3 Å². The largest absolute Gasteiger partial charge is 0.368 e. The van der Waals surface area contributed by atoms with Crippen molar-refractivity contribution in [3.05, 3.63) is 34.5 Å². The third-order valence-electron chi connectivity index (χ3n) is 4.56. The molecule has 3 N–H and O–H groups in total. The van der Waals surface area contributed by atoms with Gasteiger partial charge < -0.3 is 20.9 Å². The first kappa shape index (κ1) is 21.4. The fourth-order valence-corrected chi connectivity index (χ4v) is 3.95. The van der Waals surface area contributed by atoms with Crippen molar-refractivity contribution in [2.45, 2.75) is 6.92 Å². The molecule has 156 valence electrons. The highest BCUT2D eigenvalue weighted by atomic mass is 32.1. The van der Waals surface area contributed by atoms with Gasteiger partial charge in [-0.3, -0.25) is 9.98 Å². The summed E-state index contributed by atoms with van der Waals surface area (Å²) in [7, 11) is 1.80. The van der Waals surface area contributed by atoms with Crippen LogP contribution in [0.4, 0.5) is 16.6 Å². The van der Waals surface area contributed by atoms with E-state index >= 15 is 0 Å². The third-order valence-corrected chi connectivity index (χ3v) is 5.74. The van der Waals surface area contributed by atoms with Gasteiger partial charge in [-0.1, -0.05) is 11.3 Å². The van der Waals surface area contributed by atoms with Crippen LogP contribution >= 0.6 is 11.3 Å². The Morgan fingerprint density at radius 3 is 2.83 bits per heavy atom. The summed E-state index contributed by atoms with van der Waals surface area (Å²) in [6.07, 6.45) is 3.37. The number of rotatable bonds is 8. The molecule has 0 bridgehead atoms. The minimum absolute atomic E-state index is 0.291. The molecule has 30 heavy (non-hydrogen) atoms. The van der Waals surface area contributed by atoms with E-state index in [4.69, 9.17) is 0 Å². The maximum absolute atomic E-state index is 9.55. The van der Waals surface area contributed by atoms with Gasteiger partial charge in [-0.15, -0.1) is 0 Å². The van der Waals surface area contributed by atoms with E-state index in [0.717, 1.165) is 53.4 Å². The van der Waals surface area contributed by atoms with E-state index in [1.54, 1.807) is 7.05 Å². The van der Waals surface area contributed by atoms with Crippen LogP contribution < -0.4 is 20.9 Å². The Hall–Kier alpha value is -3.29. The number of thiazole rings is 1. The number of hydrogen-bond acceptors (Lipinski definition) is 10. The van der Waals surface area contributed by atoms with Gasteiger partial charge in [-0.2, -0.15) is 5.26 Å². The first-order valence-electron chi connectivity index (χ1n) is 9.58. The number of hydrogen-bond donors (Lipinski definition) is 3. The number of pyridine rings is 1. The topological polar surface area (TPSA) is 114 Å². The van der Waals surface area contributed by atoms with E-state index < -0.39 is 0 Å². The van der Waals surface area contributed by atoms with Gasteiger partial charge >= 0.3 is 0 Å². The van der Waals surface area contributed by atoms with Crippen molar-refractivity contribution < 1.29 is 0 Å². The second kappa shape index (κ2) is 10.5. The second-order valence-electron chi connectivity index (χ2n) is 6.50. The Labute approximate surface area is 180 Å². The molecule has 1 aliphatic rings. The quantitative estimate of drug-likeness (QED) is 0.441. The van der Waals surface area contributed by atoms with Crippen LogP contribution in [0.5, 0.6) is 0 Å². The Bertz CT molecular complexity index is 963. The SMILES string of the molecule is C=N/C(=C(C#N)\C=N/CNc1ccc(N2CCNCC2)cn1)c1sc(NC)nc1C. The van der Waals surface area contributed by atoms with Gasteiger partial charge in [0.2, 0.25) is 0 Å². The molecule has 2 aromatic rings. The molecule has 0 atom stereocenters. The molecule has 1 fully saturated rings. The van der Waals surface area contributed by atoms with Crippen molar-refractivity contribution in [1.82, 2.24) is 15.3 Å². The predicted molar refractivity (Wildman–Crippen MR) is 125 cm³/mol. The summed E-state index contributed by atoms with van der Waals surface area (Å²) in [5, 5.41) is 19.8. The van der Waals surface area contributed by atoms with Gasteiger partial charge in [-0.25, -0.2) is 9.97 Å². The Balaban J connectivity index is 1.64. The molecule has 9 nitrogen and oxygen atoms in total. The molecule has 1 aliphatic heterocycles. The number of allylic oxidation sites excluding steroid dienone is 1. The van der Waals surface area contributed by atoms with Gasteiger partial charge in [0.25, 0.3) is 0 Å². The lowest BCUT2D eigenvalue weighted by atomic mass is 10.2. The molecule has 3 heterocycles. The van der Waals surface area contributed by atoms with E-state index in [1.807, 2.05) is 19.2 Å². The zero-order valence-corrected chi connectivity index (χ0v) is 18.0. The third kappa shape index (κ3) is 5.20. The first-order valence-corrected chi connectivity index (χ1v) is 10.4. The maximum Gasteiger partial charge on any atom is 0.183 e. The number of aliphatic imine (C=N–C) groups is 2. The van der Waals surface area contributed by atoms with Crippen LogP contribution in [-0.2, 0) is 0 Å². The zero-order chi connectivity index (χ0) is 21.3. The summed E-state index contributed by atoms with van der Waals surface area (Å²) in [5.74, 6) is 0.729. The smallest absolute Gasteiger partial charge is 0.183 e. The molecule has 0 spiro atoms. The van der Waals surface area contributed by atoms with Crippen LogP contribution in [-0.4, -0.2) is 62.8 Å². The summed E-state index contributed by atoms with van der Waals surface area (Å²) >= 11 is 1.42. The summed E-state index contributed by atoms with van der Waals surface area (Å²) in [6, 6.07) is 6.14. The number of piperazine rings is 1. The van der Waals surface area contributed by atoms with Gasteiger partial charge in [0.05, 0.1) is 28.0 Å². The van der Waals surface area contributed by atoms with E-state index in [9.17, 15) is 5.26 Å². The van der Waals surface area contributed by atoms with Crippen molar-refractivity contribution in [2.75, 3.05) is 55.4 Å². The molecule has 0 unspecified atom stereocenters. The van der Waals surface area contributed by atoms with Crippen molar-refractivity contribution in [3.8, 4) is 6.07 Å². The average Bonchev–Trinajstić information content (AvgIpc) is 3.17. The Kier molecular flexibility index (Phi) is 7.48. The number of nitrogens with zero attached hydrogens (tertiary/aromatic N) is 6. The summed E-state index contributed by atoms with van der Waals surface area (Å²) < 4.78 is 0. The van der Waals surface area contributed by atoms with Crippen LogP contribution in [0.2, 0.25) is 0 Å². The molecule has 0 aromatic carbocycles. The van der Waals surface area contributed by atoms with Gasteiger partial charge in [-0.05, 0) is 25.8 Å². The molecule has 0 saturated carbocycles. The fourth-order valence-electron chi connectivity index (χ4n) is 3.01. The molecule has 0 aliphatic carbocycles. The summed E-state index contributed by atoms with van der Waals surface area (Å²) in [5.41, 5.74) is 2.72. The van der Waals surface area contributed by atoms with Crippen LogP contribution in [0.15, 0.2) is 33.9 Å². The van der Waals surface area contributed by atoms with Crippen LogP contribution in [0.3, 0.4) is 0 Å². The number of nitriles is 1. The average molecular weight is 424 g/mol. The minimum atomic E-state index is 0.291. The highest BCUT2D eigenvalue weighted by molar-refractivity contribution is 7.16. The number of anilines is 3. The molecule has 0 radical (unpaired) electrons. The van der Waals surface area contributed by atoms with E-state index in [0.29, 0.717) is 17.9 Å². The van der Waals surface area contributed by atoms with Crippen molar-refractivity contribution >= 4 is 46.6 Å². The van der Waals surface area contributed by atoms with Crippen molar-refractivity contribution in [3.63, 3.8) is 0 Å².